The molecule has 0 bridgehead atoms. The summed E-state index contributed by atoms with van der Waals surface area (Å²) in [7, 11) is 0. The third-order valence-corrected chi connectivity index (χ3v) is 3.90. The molecule has 3 aromatic rings. The standard InChI is InChI=1S/C17H15Cl2N3O/c1-10-6-7-14-20-15(12-4-3-5-13(19)8-12)16(22(14)9-10)21-17(23)11(2)18/h3-9,11H,1-2H3,(H,21,23)/t11-/m1/s1. The number of pyridine rings is 1. The first kappa shape index (κ1) is 15.8. The van der Waals surface area contributed by atoms with Gasteiger partial charge < -0.3 is 5.32 Å². The lowest BCUT2D eigenvalue weighted by Gasteiger charge is -2.09. The fraction of sp³-hybridized carbons (Fsp3) is 0.176. The maximum absolute atomic E-state index is 12.1. The van der Waals surface area contributed by atoms with Crippen LogP contribution in [0.25, 0.3) is 16.9 Å². The van der Waals surface area contributed by atoms with Crippen molar-refractivity contribution in [3.63, 3.8) is 0 Å². The predicted octanol–water partition coefficient (Wildman–Crippen LogP) is 4.53. The van der Waals surface area contributed by atoms with Crippen LogP contribution in [0, 0.1) is 6.92 Å². The number of anilines is 1. The molecule has 2 aromatic heterocycles. The summed E-state index contributed by atoms with van der Waals surface area (Å²) >= 11 is 12.0. The van der Waals surface area contributed by atoms with Crippen LogP contribution in [0.2, 0.25) is 5.02 Å². The zero-order chi connectivity index (χ0) is 16.6. The molecule has 1 aromatic carbocycles. The third kappa shape index (κ3) is 3.19. The van der Waals surface area contributed by atoms with Gasteiger partial charge in [-0.15, -0.1) is 11.6 Å². The number of benzene rings is 1. The summed E-state index contributed by atoms with van der Waals surface area (Å²) in [4.78, 5) is 16.7. The molecule has 0 radical (unpaired) electrons. The highest BCUT2D eigenvalue weighted by Gasteiger charge is 2.18. The molecule has 0 unspecified atom stereocenters. The van der Waals surface area contributed by atoms with Gasteiger partial charge in [-0.1, -0.05) is 29.8 Å². The van der Waals surface area contributed by atoms with E-state index in [1.165, 1.54) is 0 Å². The molecule has 0 spiro atoms. The maximum atomic E-state index is 12.1. The van der Waals surface area contributed by atoms with Crippen molar-refractivity contribution in [2.24, 2.45) is 0 Å². The fourth-order valence-electron chi connectivity index (χ4n) is 2.32. The molecule has 0 aliphatic heterocycles. The normalized spacial score (nSPS) is 12.3. The van der Waals surface area contributed by atoms with Gasteiger partial charge in [0.2, 0.25) is 5.91 Å². The van der Waals surface area contributed by atoms with E-state index in [0.29, 0.717) is 16.5 Å². The molecular weight excluding hydrogens is 333 g/mol. The topological polar surface area (TPSA) is 46.4 Å². The van der Waals surface area contributed by atoms with Crippen molar-refractivity contribution in [3.05, 3.63) is 53.2 Å². The summed E-state index contributed by atoms with van der Waals surface area (Å²) in [6.45, 7) is 3.61. The zero-order valence-electron chi connectivity index (χ0n) is 12.7. The lowest BCUT2D eigenvalue weighted by atomic mass is 10.1. The molecule has 3 rings (SSSR count). The van der Waals surface area contributed by atoms with Gasteiger partial charge in [-0.25, -0.2) is 4.98 Å². The molecule has 1 N–H and O–H groups in total. The number of halogens is 2. The average molecular weight is 348 g/mol. The molecule has 118 valence electrons. The monoisotopic (exact) mass is 347 g/mol. The van der Waals surface area contributed by atoms with Crippen molar-refractivity contribution >= 4 is 40.6 Å². The van der Waals surface area contributed by atoms with Gasteiger partial charge in [0, 0.05) is 16.8 Å². The zero-order valence-corrected chi connectivity index (χ0v) is 14.2. The highest BCUT2D eigenvalue weighted by atomic mass is 35.5. The summed E-state index contributed by atoms with van der Waals surface area (Å²) < 4.78 is 1.85. The predicted molar refractivity (Wildman–Crippen MR) is 94.3 cm³/mol. The SMILES string of the molecule is Cc1ccc2nc(-c3cccc(Cl)c3)c(NC(=O)[C@@H](C)Cl)n2c1. The quantitative estimate of drug-likeness (QED) is 0.707. The van der Waals surface area contributed by atoms with Crippen molar-refractivity contribution in [3.8, 4) is 11.3 Å². The molecule has 0 aliphatic carbocycles. The molecule has 23 heavy (non-hydrogen) atoms. The third-order valence-electron chi connectivity index (χ3n) is 3.47. The van der Waals surface area contributed by atoms with Crippen molar-refractivity contribution < 1.29 is 4.79 Å². The Morgan fingerprint density at radius 2 is 2.09 bits per heavy atom. The molecule has 1 atom stereocenters. The molecule has 0 saturated carbocycles. The number of carbonyl (C=O) groups excluding carboxylic acids is 1. The van der Waals surface area contributed by atoms with Crippen LogP contribution in [-0.2, 0) is 4.79 Å². The molecule has 4 nitrogen and oxygen atoms in total. The van der Waals surface area contributed by atoms with Gasteiger partial charge in [-0.05, 0) is 37.6 Å². The van der Waals surface area contributed by atoms with Gasteiger partial charge in [0.15, 0.2) is 0 Å². The molecule has 1 amide bonds. The highest BCUT2D eigenvalue weighted by Crippen LogP contribution is 2.30. The van der Waals surface area contributed by atoms with E-state index in [-0.39, 0.29) is 5.91 Å². The number of nitrogens with one attached hydrogen (secondary N) is 1. The smallest absolute Gasteiger partial charge is 0.243 e. The number of fused-ring (bicyclic) bond motifs is 1. The summed E-state index contributed by atoms with van der Waals surface area (Å²) in [6.07, 6.45) is 1.92. The second-order valence-corrected chi connectivity index (χ2v) is 6.45. The van der Waals surface area contributed by atoms with Gasteiger partial charge in [0.25, 0.3) is 0 Å². The molecule has 6 heteroatoms. The van der Waals surface area contributed by atoms with E-state index >= 15 is 0 Å². The number of rotatable bonds is 3. The van der Waals surface area contributed by atoms with Crippen LogP contribution in [0.15, 0.2) is 42.6 Å². The number of carbonyl (C=O) groups is 1. The fourth-order valence-corrected chi connectivity index (χ4v) is 2.57. The lowest BCUT2D eigenvalue weighted by molar-refractivity contribution is -0.115. The van der Waals surface area contributed by atoms with E-state index in [2.05, 4.69) is 10.3 Å². The molecule has 2 heterocycles. The Morgan fingerprint density at radius 3 is 2.78 bits per heavy atom. The van der Waals surface area contributed by atoms with Crippen LogP contribution < -0.4 is 5.32 Å². The average Bonchev–Trinajstić information content (AvgIpc) is 2.85. The van der Waals surface area contributed by atoms with E-state index in [1.54, 1.807) is 13.0 Å². The van der Waals surface area contributed by atoms with E-state index in [1.807, 2.05) is 47.9 Å². The first-order chi connectivity index (χ1) is 11.0. The summed E-state index contributed by atoms with van der Waals surface area (Å²) in [5.41, 5.74) is 3.28. The molecule has 0 saturated heterocycles. The first-order valence-electron chi connectivity index (χ1n) is 7.15. The van der Waals surface area contributed by atoms with Gasteiger partial charge in [0.1, 0.15) is 22.5 Å². The Bertz CT molecular complexity index is 887. The van der Waals surface area contributed by atoms with Gasteiger partial charge >= 0.3 is 0 Å². The second-order valence-electron chi connectivity index (χ2n) is 5.36. The second kappa shape index (κ2) is 6.22. The Balaban J connectivity index is 2.21. The van der Waals surface area contributed by atoms with Crippen LogP contribution in [0.1, 0.15) is 12.5 Å². The van der Waals surface area contributed by atoms with E-state index < -0.39 is 5.38 Å². The van der Waals surface area contributed by atoms with Crippen LogP contribution in [0.3, 0.4) is 0 Å². The van der Waals surface area contributed by atoms with E-state index in [9.17, 15) is 4.79 Å². The summed E-state index contributed by atoms with van der Waals surface area (Å²) in [5.74, 6) is 0.307. The number of nitrogens with zero attached hydrogens (tertiary/aromatic N) is 2. The number of hydrogen-bond donors (Lipinski definition) is 1. The molecule has 0 aliphatic rings. The Kier molecular flexibility index (Phi) is 4.28. The van der Waals surface area contributed by atoms with Crippen LogP contribution in [0.4, 0.5) is 5.82 Å². The summed E-state index contributed by atoms with van der Waals surface area (Å²) in [6, 6.07) is 11.2. The Labute approximate surface area is 144 Å². The van der Waals surface area contributed by atoms with Crippen LogP contribution in [-0.4, -0.2) is 20.7 Å². The number of alkyl halides is 1. The number of aromatic nitrogens is 2. The molecule has 0 fully saturated rings. The number of hydrogen-bond acceptors (Lipinski definition) is 2. The van der Waals surface area contributed by atoms with Crippen molar-refractivity contribution in [2.75, 3.05) is 5.32 Å². The molecular formula is C17H15Cl2N3O. The first-order valence-corrected chi connectivity index (χ1v) is 7.97. The van der Waals surface area contributed by atoms with E-state index in [0.717, 1.165) is 16.8 Å². The minimum atomic E-state index is -0.641. The number of amides is 1. The van der Waals surface area contributed by atoms with Crippen LogP contribution in [0.5, 0.6) is 0 Å². The number of aryl methyl sites for hydroxylation is 1. The Morgan fingerprint density at radius 1 is 1.30 bits per heavy atom. The maximum Gasteiger partial charge on any atom is 0.243 e. The van der Waals surface area contributed by atoms with Gasteiger partial charge in [0.05, 0.1) is 0 Å². The van der Waals surface area contributed by atoms with E-state index in [4.69, 9.17) is 23.2 Å². The minimum absolute atomic E-state index is 0.279. The highest BCUT2D eigenvalue weighted by molar-refractivity contribution is 6.32. The minimum Gasteiger partial charge on any atom is -0.309 e. The Hall–Kier alpha value is -2.04. The van der Waals surface area contributed by atoms with Gasteiger partial charge in [-0.3, -0.25) is 9.20 Å². The summed E-state index contributed by atoms with van der Waals surface area (Å²) in [5, 5.41) is 2.83. The van der Waals surface area contributed by atoms with Crippen molar-refractivity contribution in [1.29, 1.82) is 0 Å². The van der Waals surface area contributed by atoms with Crippen LogP contribution >= 0.6 is 23.2 Å². The largest absolute Gasteiger partial charge is 0.309 e. The lowest BCUT2D eigenvalue weighted by Crippen LogP contribution is -2.21. The van der Waals surface area contributed by atoms with Crippen molar-refractivity contribution in [1.82, 2.24) is 9.38 Å². The van der Waals surface area contributed by atoms with Crippen molar-refractivity contribution in [2.45, 2.75) is 19.2 Å². The van der Waals surface area contributed by atoms with Gasteiger partial charge in [-0.2, -0.15) is 0 Å². The number of imidazole rings is 1.